The van der Waals surface area contributed by atoms with Gasteiger partial charge in [0.15, 0.2) is 11.6 Å². The second-order valence-corrected chi connectivity index (χ2v) is 8.29. The van der Waals surface area contributed by atoms with Gasteiger partial charge in [-0.1, -0.05) is 82.2 Å². The molecule has 1 rings (SSSR count). The molecule has 0 N–H and O–H groups in total. The van der Waals surface area contributed by atoms with Gasteiger partial charge in [0.25, 0.3) is 0 Å². The lowest BCUT2D eigenvalue weighted by Crippen LogP contribution is -2.25. The molecule has 0 aromatic rings. The highest BCUT2D eigenvalue weighted by molar-refractivity contribution is 8.15. The van der Waals surface area contributed by atoms with Gasteiger partial charge in [-0.15, -0.1) is 0 Å². The first-order chi connectivity index (χ1) is 12.7. The molecule has 4 heteroatoms. The summed E-state index contributed by atoms with van der Waals surface area (Å²) >= 11 is 0.990. The first kappa shape index (κ1) is 23.1. The highest BCUT2D eigenvalue weighted by Crippen LogP contribution is 2.25. The second-order valence-electron chi connectivity index (χ2n) is 7.31. The predicted molar refractivity (Wildman–Crippen MR) is 110 cm³/mol. The number of unbranched alkanes of at least 4 members (excludes halogenated alkanes) is 11. The minimum atomic E-state index is -0.947. The van der Waals surface area contributed by atoms with Crippen molar-refractivity contribution in [2.24, 2.45) is 5.92 Å². The van der Waals surface area contributed by atoms with Crippen LogP contribution in [0.5, 0.6) is 0 Å². The van der Waals surface area contributed by atoms with E-state index in [1.54, 1.807) is 0 Å². The van der Waals surface area contributed by atoms with Gasteiger partial charge in [0.2, 0.25) is 5.12 Å². The normalized spacial score (nSPS) is 17.5. The van der Waals surface area contributed by atoms with E-state index >= 15 is 0 Å². The van der Waals surface area contributed by atoms with Gasteiger partial charge in [-0.25, -0.2) is 0 Å². The zero-order valence-corrected chi connectivity index (χ0v) is 17.3. The van der Waals surface area contributed by atoms with Crippen LogP contribution in [0.3, 0.4) is 0 Å². The predicted octanol–water partition coefficient (Wildman–Crippen LogP) is 6.05. The summed E-state index contributed by atoms with van der Waals surface area (Å²) in [5.74, 6) is -1.13. The van der Waals surface area contributed by atoms with E-state index in [2.05, 4.69) is 19.1 Å². The average Bonchev–Trinajstić information content (AvgIpc) is 2.96. The Hall–Kier alpha value is -0.900. The Labute approximate surface area is 163 Å². The summed E-state index contributed by atoms with van der Waals surface area (Å²) in [5, 5.41) is -0.243. The molecule has 0 aromatic heterocycles. The Morgan fingerprint density at radius 1 is 0.885 bits per heavy atom. The molecule has 0 saturated carbocycles. The number of ketones is 2. The number of allylic oxidation sites excluding steroid dienone is 2. The van der Waals surface area contributed by atoms with E-state index in [1.807, 2.05) is 0 Å². The van der Waals surface area contributed by atoms with Crippen LogP contribution in [0.15, 0.2) is 12.2 Å². The van der Waals surface area contributed by atoms with Gasteiger partial charge < -0.3 is 0 Å². The lowest BCUT2D eigenvalue weighted by Gasteiger charge is -2.05. The number of Topliss-reactive ketones (excluding diaryl/α,β-unsaturated/α-hetero) is 2. The summed E-state index contributed by atoms with van der Waals surface area (Å²) in [7, 11) is 0. The van der Waals surface area contributed by atoms with Crippen molar-refractivity contribution >= 4 is 28.4 Å². The Kier molecular flexibility index (Phi) is 13.5. The van der Waals surface area contributed by atoms with E-state index < -0.39 is 5.92 Å². The van der Waals surface area contributed by atoms with E-state index in [4.69, 9.17) is 0 Å². The third-order valence-corrected chi connectivity index (χ3v) is 5.87. The standard InChI is InChI=1S/C22H36O3S/c1-2-3-4-5-6-7-8-9-10-11-12-13-14-15-16-17-19(23)21-20(24)18-26-22(21)25/h9-10,21H,2-8,11-18H2,1H3. The number of thioether (sulfide) groups is 1. The molecule has 3 nitrogen and oxygen atoms in total. The second kappa shape index (κ2) is 15.2. The molecule has 1 aliphatic rings. The molecule has 1 unspecified atom stereocenters. The fourth-order valence-corrected chi connectivity index (χ4v) is 4.15. The topological polar surface area (TPSA) is 51.2 Å². The van der Waals surface area contributed by atoms with Crippen molar-refractivity contribution in [3.8, 4) is 0 Å². The number of carbonyl (C=O) groups is 3. The van der Waals surface area contributed by atoms with Crippen molar-refractivity contribution < 1.29 is 14.4 Å². The summed E-state index contributed by atoms with van der Waals surface area (Å²) < 4.78 is 0. The molecule has 0 amide bonds. The Bertz CT molecular complexity index is 440. The first-order valence-corrected chi connectivity index (χ1v) is 11.5. The molecule has 0 aromatic carbocycles. The smallest absolute Gasteiger partial charge is 0.207 e. The van der Waals surface area contributed by atoms with Crippen LogP contribution in [-0.2, 0) is 14.4 Å². The van der Waals surface area contributed by atoms with Crippen molar-refractivity contribution in [1.29, 1.82) is 0 Å². The first-order valence-electron chi connectivity index (χ1n) is 10.5. The molecule has 26 heavy (non-hydrogen) atoms. The van der Waals surface area contributed by atoms with Crippen LogP contribution in [0.1, 0.15) is 96.8 Å². The van der Waals surface area contributed by atoms with Gasteiger partial charge in [0, 0.05) is 6.42 Å². The van der Waals surface area contributed by atoms with E-state index in [1.165, 1.54) is 57.8 Å². The minimum Gasteiger partial charge on any atom is -0.298 e. The maximum atomic E-state index is 11.9. The molecule has 1 saturated heterocycles. The zero-order valence-electron chi connectivity index (χ0n) is 16.5. The molecule has 0 aliphatic carbocycles. The average molecular weight is 381 g/mol. The molecule has 148 valence electrons. The summed E-state index contributed by atoms with van der Waals surface area (Å²) in [6.07, 6.45) is 20.8. The van der Waals surface area contributed by atoms with Gasteiger partial charge >= 0.3 is 0 Å². The highest BCUT2D eigenvalue weighted by atomic mass is 32.2. The number of rotatable bonds is 16. The number of hydrogen-bond donors (Lipinski definition) is 0. The van der Waals surface area contributed by atoms with Crippen LogP contribution in [0.2, 0.25) is 0 Å². The fraction of sp³-hybridized carbons (Fsp3) is 0.773. The lowest BCUT2D eigenvalue weighted by atomic mass is 9.97. The van der Waals surface area contributed by atoms with Gasteiger partial charge in [-0.05, 0) is 32.1 Å². The van der Waals surface area contributed by atoms with Crippen LogP contribution in [0, 0.1) is 5.92 Å². The maximum absolute atomic E-state index is 11.9. The summed E-state index contributed by atoms with van der Waals surface area (Å²) in [5.41, 5.74) is 0. The van der Waals surface area contributed by atoms with Crippen molar-refractivity contribution in [3.63, 3.8) is 0 Å². The molecule has 0 radical (unpaired) electrons. The van der Waals surface area contributed by atoms with Gasteiger partial charge in [-0.3, -0.25) is 14.4 Å². The lowest BCUT2D eigenvalue weighted by molar-refractivity contribution is -0.134. The minimum absolute atomic E-state index is 0.164. The maximum Gasteiger partial charge on any atom is 0.207 e. The van der Waals surface area contributed by atoms with Crippen LogP contribution >= 0.6 is 11.8 Å². The van der Waals surface area contributed by atoms with Crippen molar-refractivity contribution in [3.05, 3.63) is 12.2 Å². The van der Waals surface area contributed by atoms with Crippen LogP contribution in [0.4, 0.5) is 0 Å². The molecule has 0 bridgehead atoms. The zero-order chi connectivity index (χ0) is 19.0. The van der Waals surface area contributed by atoms with E-state index in [0.717, 1.165) is 37.4 Å². The highest BCUT2D eigenvalue weighted by Gasteiger charge is 2.38. The molecule has 0 spiro atoms. The van der Waals surface area contributed by atoms with E-state index in [0.29, 0.717) is 6.42 Å². The van der Waals surface area contributed by atoms with Crippen molar-refractivity contribution in [1.82, 2.24) is 0 Å². The largest absolute Gasteiger partial charge is 0.298 e. The third kappa shape index (κ3) is 10.3. The van der Waals surface area contributed by atoms with Crippen LogP contribution in [0.25, 0.3) is 0 Å². The fourth-order valence-electron chi connectivity index (χ4n) is 3.27. The number of carbonyl (C=O) groups excluding carboxylic acids is 3. The summed E-state index contributed by atoms with van der Waals surface area (Å²) in [4.78, 5) is 35.0. The monoisotopic (exact) mass is 380 g/mol. The summed E-state index contributed by atoms with van der Waals surface area (Å²) in [6.45, 7) is 2.25. The van der Waals surface area contributed by atoms with Crippen LogP contribution in [-0.4, -0.2) is 22.4 Å². The van der Waals surface area contributed by atoms with E-state index in [9.17, 15) is 14.4 Å². The Morgan fingerprint density at radius 3 is 1.96 bits per heavy atom. The molecule has 1 atom stereocenters. The number of hydrogen-bond acceptors (Lipinski definition) is 4. The quantitative estimate of drug-likeness (QED) is 0.186. The van der Waals surface area contributed by atoms with Gasteiger partial charge in [0.1, 0.15) is 5.92 Å². The van der Waals surface area contributed by atoms with E-state index in [-0.39, 0.29) is 22.4 Å². The van der Waals surface area contributed by atoms with Gasteiger partial charge in [-0.2, -0.15) is 0 Å². The molecular formula is C22H36O3S. The molecule has 1 heterocycles. The third-order valence-electron chi connectivity index (χ3n) is 4.92. The Balaban J connectivity index is 1.87. The molecule has 1 aliphatic heterocycles. The van der Waals surface area contributed by atoms with Crippen molar-refractivity contribution in [2.75, 3.05) is 5.75 Å². The SMILES string of the molecule is CCCCCCCCC=CCCCCCCCC(=O)C1C(=O)CSC1=O. The van der Waals surface area contributed by atoms with Crippen LogP contribution < -0.4 is 0 Å². The molecular weight excluding hydrogens is 344 g/mol. The summed E-state index contributed by atoms with van der Waals surface area (Å²) in [6, 6.07) is 0. The molecule has 1 fully saturated rings. The van der Waals surface area contributed by atoms with Crippen molar-refractivity contribution in [2.45, 2.75) is 96.8 Å². The Morgan fingerprint density at radius 2 is 1.42 bits per heavy atom. The van der Waals surface area contributed by atoms with Gasteiger partial charge in [0.05, 0.1) is 5.75 Å².